The number of fused-ring (bicyclic) bond motifs is 1. The molecule has 0 radical (unpaired) electrons. The summed E-state index contributed by atoms with van der Waals surface area (Å²) in [7, 11) is 3.17. The van der Waals surface area contributed by atoms with E-state index in [2.05, 4.69) is 20.5 Å². The van der Waals surface area contributed by atoms with E-state index in [0.717, 1.165) is 16.7 Å². The van der Waals surface area contributed by atoms with Gasteiger partial charge in [-0.2, -0.15) is 5.10 Å². The molecule has 0 saturated carbocycles. The molecule has 0 aliphatic carbocycles. The van der Waals surface area contributed by atoms with Crippen LogP contribution < -0.4 is 14.9 Å². The lowest BCUT2D eigenvalue weighted by atomic mass is 10.2. The molecule has 1 aromatic carbocycles. The number of aromatic amines is 1. The summed E-state index contributed by atoms with van der Waals surface area (Å²) in [4.78, 5) is 18.7. The summed E-state index contributed by atoms with van der Waals surface area (Å²) in [6.07, 6.45) is 0.989. The highest BCUT2D eigenvalue weighted by molar-refractivity contribution is 6.03. The third-order valence-electron chi connectivity index (χ3n) is 3.16. The van der Waals surface area contributed by atoms with E-state index in [-0.39, 0.29) is 5.91 Å². The molecule has 0 unspecified atom stereocenters. The molecule has 2 heterocycles. The number of benzene rings is 1. The van der Waals surface area contributed by atoms with Gasteiger partial charge in [0.25, 0.3) is 0 Å². The number of ether oxygens (including phenoxy) is 2. The molecule has 0 atom stereocenters. The molecular formula is C13H14N4O3. The third-order valence-corrected chi connectivity index (χ3v) is 3.16. The van der Waals surface area contributed by atoms with Crippen LogP contribution >= 0.6 is 0 Å². The maximum absolute atomic E-state index is 11.1. The minimum absolute atomic E-state index is 0.0757. The zero-order valence-electron chi connectivity index (χ0n) is 11.2. The number of carbonyl (C=O) groups excluding carboxylic acids is 1. The largest absolute Gasteiger partial charge is 0.493 e. The standard InChI is InChI=1S/C13H14N4O3/c1-19-10-5-8-9(6-11(10)20-2)15-13(14-8)7-3-4-12(18)17-16-7/h5-6H,3-4H2,1-2H3,(H,14,15)(H,17,18). The maximum atomic E-state index is 11.1. The molecular weight excluding hydrogens is 260 g/mol. The molecule has 2 N–H and O–H groups in total. The predicted molar refractivity (Wildman–Crippen MR) is 73.1 cm³/mol. The minimum Gasteiger partial charge on any atom is -0.493 e. The maximum Gasteiger partial charge on any atom is 0.240 e. The topological polar surface area (TPSA) is 88.6 Å². The summed E-state index contributed by atoms with van der Waals surface area (Å²) in [5.74, 6) is 1.83. The number of methoxy groups -OCH3 is 2. The normalized spacial score (nSPS) is 14.9. The first-order valence-electron chi connectivity index (χ1n) is 6.19. The molecule has 104 valence electrons. The average molecular weight is 274 g/mol. The molecule has 1 aromatic heterocycles. The van der Waals surface area contributed by atoms with Crippen LogP contribution in [0.25, 0.3) is 11.0 Å². The van der Waals surface area contributed by atoms with Crippen molar-refractivity contribution >= 4 is 22.7 Å². The van der Waals surface area contributed by atoms with E-state index in [9.17, 15) is 4.79 Å². The molecule has 0 saturated heterocycles. The summed E-state index contributed by atoms with van der Waals surface area (Å²) in [5.41, 5.74) is 4.79. The number of hydrogen-bond acceptors (Lipinski definition) is 5. The van der Waals surface area contributed by atoms with E-state index >= 15 is 0 Å². The number of H-pyrrole nitrogens is 1. The Morgan fingerprint density at radius 3 is 2.55 bits per heavy atom. The second-order valence-corrected chi connectivity index (χ2v) is 4.40. The Balaban J connectivity index is 2.04. The van der Waals surface area contributed by atoms with Gasteiger partial charge >= 0.3 is 0 Å². The summed E-state index contributed by atoms with van der Waals surface area (Å²) < 4.78 is 10.5. The number of carbonyl (C=O) groups is 1. The van der Waals surface area contributed by atoms with E-state index in [4.69, 9.17) is 9.47 Å². The summed E-state index contributed by atoms with van der Waals surface area (Å²) in [6.45, 7) is 0. The highest BCUT2D eigenvalue weighted by Crippen LogP contribution is 2.31. The Bertz CT molecular complexity index is 664. The molecule has 0 bridgehead atoms. The van der Waals surface area contributed by atoms with Crippen LogP contribution in [0, 0.1) is 0 Å². The molecule has 0 spiro atoms. The van der Waals surface area contributed by atoms with Gasteiger partial charge in [0.1, 0.15) is 5.71 Å². The van der Waals surface area contributed by atoms with Crippen molar-refractivity contribution in [1.82, 2.24) is 15.4 Å². The number of nitrogens with one attached hydrogen (secondary N) is 2. The Labute approximate surface area is 115 Å². The van der Waals surface area contributed by atoms with Gasteiger partial charge in [-0.3, -0.25) is 4.79 Å². The van der Waals surface area contributed by atoms with Crippen molar-refractivity contribution in [2.45, 2.75) is 12.8 Å². The van der Waals surface area contributed by atoms with Gasteiger partial charge in [0.15, 0.2) is 17.3 Å². The fourth-order valence-corrected chi connectivity index (χ4v) is 2.12. The van der Waals surface area contributed by atoms with Gasteiger partial charge in [0.05, 0.1) is 25.3 Å². The van der Waals surface area contributed by atoms with Crippen molar-refractivity contribution in [3.63, 3.8) is 0 Å². The van der Waals surface area contributed by atoms with E-state index in [1.807, 2.05) is 6.07 Å². The highest BCUT2D eigenvalue weighted by atomic mass is 16.5. The van der Waals surface area contributed by atoms with Gasteiger partial charge in [-0.1, -0.05) is 0 Å². The Morgan fingerprint density at radius 2 is 1.90 bits per heavy atom. The van der Waals surface area contributed by atoms with Crippen molar-refractivity contribution < 1.29 is 14.3 Å². The number of amides is 1. The molecule has 1 amide bonds. The highest BCUT2D eigenvalue weighted by Gasteiger charge is 2.17. The average Bonchev–Trinajstić information content (AvgIpc) is 2.89. The van der Waals surface area contributed by atoms with Crippen LogP contribution in [0.1, 0.15) is 18.7 Å². The molecule has 2 aromatic rings. The van der Waals surface area contributed by atoms with Gasteiger partial charge in [-0.25, -0.2) is 10.4 Å². The molecule has 3 rings (SSSR count). The third kappa shape index (κ3) is 2.07. The smallest absolute Gasteiger partial charge is 0.240 e. The number of hydrogen-bond donors (Lipinski definition) is 2. The minimum atomic E-state index is -0.0757. The van der Waals surface area contributed by atoms with E-state index < -0.39 is 0 Å². The van der Waals surface area contributed by atoms with Gasteiger partial charge in [0.2, 0.25) is 5.91 Å². The lowest BCUT2D eigenvalue weighted by Gasteiger charge is -2.08. The monoisotopic (exact) mass is 274 g/mol. The van der Waals surface area contributed by atoms with E-state index in [0.29, 0.717) is 30.2 Å². The van der Waals surface area contributed by atoms with Crippen molar-refractivity contribution in [3.8, 4) is 11.5 Å². The van der Waals surface area contributed by atoms with Gasteiger partial charge in [-0.15, -0.1) is 0 Å². The Hall–Kier alpha value is -2.57. The fraction of sp³-hybridized carbons (Fsp3) is 0.308. The number of imidazole rings is 1. The second kappa shape index (κ2) is 4.84. The number of rotatable bonds is 3. The van der Waals surface area contributed by atoms with E-state index in [1.165, 1.54) is 0 Å². The predicted octanol–water partition coefficient (Wildman–Crippen LogP) is 1.19. The first-order chi connectivity index (χ1) is 9.71. The van der Waals surface area contributed by atoms with Crippen LogP contribution in [0.5, 0.6) is 11.5 Å². The Morgan fingerprint density at radius 1 is 1.15 bits per heavy atom. The lowest BCUT2D eigenvalue weighted by molar-refractivity contribution is -0.121. The van der Waals surface area contributed by atoms with Crippen LogP contribution in [-0.4, -0.2) is 35.8 Å². The quantitative estimate of drug-likeness (QED) is 0.880. The SMILES string of the molecule is COc1cc2nc(C3=NNC(=O)CC3)[nH]c2cc1OC. The molecule has 7 nitrogen and oxygen atoms in total. The van der Waals surface area contributed by atoms with Crippen LogP contribution in [0.3, 0.4) is 0 Å². The lowest BCUT2D eigenvalue weighted by Crippen LogP contribution is -2.26. The van der Waals surface area contributed by atoms with Crippen LogP contribution in [0.15, 0.2) is 17.2 Å². The zero-order valence-corrected chi connectivity index (χ0v) is 11.2. The van der Waals surface area contributed by atoms with Crippen molar-refractivity contribution in [2.24, 2.45) is 5.10 Å². The number of hydrazone groups is 1. The first-order valence-corrected chi connectivity index (χ1v) is 6.19. The van der Waals surface area contributed by atoms with Crippen molar-refractivity contribution in [3.05, 3.63) is 18.0 Å². The van der Waals surface area contributed by atoms with Gasteiger partial charge < -0.3 is 14.5 Å². The van der Waals surface area contributed by atoms with Crippen LogP contribution in [0.2, 0.25) is 0 Å². The molecule has 1 aliphatic rings. The van der Waals surface area contributed by atoms with Crippen molar-refractivity contribution in [1.29, 1.82) is 0 Å². The number of nitrogens with zero attached hydrogens (tertiary/aromatic N) is 2. The Kier molecular flexibility index (Phi) is 3.02. The molecule has 1 aliphatic heterocycles. The van der Waals surface area contributed by atoms with Gasteiger partial charge in [0, 0.05) is 25.0 Å². The summed E-state index contributed by atoms with van der Waals surface area (Å²) in [6, 6.07) is 3.63. The molecule has 7 heteroatoms. The summed E-state index contributed by atoms with van der Waals surface area (Å²) in [5, 5.41) is 4.02. The second-order valence-electron chi connectivity index (χ2n) is 4.40. The fourth-order valence-electron chi connectivity index (χ4n) is 2.12. The van der Waals surface area contributed by atoms with Crippen LogP contribution in [0.4, 0.5) is 0 Å². The van der Waals surface area contributed by atoms with Gasteiger partial charge in [-0.05, 0) is 0 Å². The first kappa shape index (κ1) is 12.5. The van der Waals surface area contributed by atoms with E-state index in [1.54, 1.807) is 20.3 Å². The molecule has 0 fully saturated rings. The number of aromatic nitrogens is 2. The molecule has 20 heavy (non-hydrogen) atoms. The summed E-state index contributed by atoms with van der Waals surface area (Å²) >= 11 is 0. The van der Waals surface area contributed by atoms with Crippen LogP contribution in [-0.2, 0) is 4.79 Å². The van der Waals surface area contributed by atoms with Crippen molar-refractivity contribution in [2.75, 3.05) is 14.2 Å². The zero-order chi connectivity index (χ0) is 14.1.